The van der Waals surface area contributed by atoms with Crippen LogP contribution in [0.1, 0.15) is 41.5 Å². The van der Waals surface area contributed by atoms with Crippen molar-refractivity contribution in [3.8, 4) is 0 Å². The predicted molar refractivity (Wildman–Crippen MR) is 115 cm³/mol. The van der Waals surface area contributed by atoms with Gasteiger partial charge >= 0.3 is 13.6 Å². The molecule has 2 heterocycles. The van der Waals surface area contributed by atoms with Crippen molar-refractivity contribution in [1.82, 2.24) is 14.5 Å². The van der Waals surface area contributed by atoms with Crippen LogP contribution >= 0.6 is 7.60 Å². The number of methoxy groups -OCH3 is 1. The molecule has 176 valence electrons. The minimum atomic E-state index is -3.83. The van der Waals surface area contributed by atoms with Crippen LogP contribution in [-0.4, -0.2) is 60.2 Å². The van der Waals surface area contributed by atoms with Gasteiger partial charge in [0.2, 0.25) is 0 Å². The minimum absolute atomic E-state index is 0.00105. The number of esters is 1. The normalized spacial score (nSPS) is 19.9. The molecule has 0 aromatic carbocycles. The summed E-state index contributed by atoms with van der Waals surface area (Å²) in [4.78, 5) is 32.7. The van der Waals surface area contributed by atoms with Gasteiger partial charge in [0.15, 0.2) is 0 Å². The van der Waals surface area contributed by atoms with Gasteiger partial charge in [-0.3, -0.25) is 9.36 Å². The largest absolute Gasteiger partial charge is 0.467 e. The summed E-state index contributed by atoms with van der Waals surface area (Å²) < 4.78 is 34.7. The summed E-state index contributed by atoms with van der Waals surface area (Å²) in [5.41, 5.74) is 12.4. The second kappa shape index (κ2) is 9.53. The fraction of sp³-hybridized carbons (Fsp3) is 0.579. The molecule has 0 spiro atoms. The summed E-state index contributed by atoms with van der Waals surface area (Å²) in [6.07, 6.45) is 3.87. The van der Waals surface area contributed by atoms with Crippen molar-refractivity contribution in [2.24, 2.45) is 11.7 Å². The summed E-state index contributed by atoms with van der Waals surface area (Å²) in [5, 5.41) is 0.440. The van der Waals surface area contributed by atoms with Crippen LogP contribution in [0.5, 0.6) is 0 Å². The summed E-state index contributed by atoms with van der Waals surface area (Å²) in [6, 6.07) is 0.00105. The van der Waals surface area contributed by atoms with E-state index in [1.807, 2.05) is 4.57 Å². The highest BCUT2D eigenvalue weighted by molar-refractivity contribution is 7.55. The Bertz CT molecular complexity index is 1060. The van der Waals surface area contributed by atoms with E-state index in [0.29, 0.717) is 23.3 Å². The van der Waals surface area contributed by atoms with Crippen molar-refractivity contribution in [2.45, 2.75) is 38.1 Å². The number of hydrogen-bond donors (Lipinski definition) is 2. The van der Waals surface area contributed by atoms with E-state index >= 15 is 0 Å². The maximum absolute atomic E-state index is 12.7. The molecule has 0 aliphatic heterocycles. The molecular weight excluding hydrogens is 441 g/mol. The highest BCUT2D eigenvalue weighted by Crippen LogP contribution is 2.53. The number of ether oxygens (including phenoxy) is 2. The molecule has 1 saturated carbocycles. The molecular formula is C19H28N5O7P. The maximum Gasteiger partial charge on any atom is 0.370 e. The first-order chi connectivity index (χ1) is 15.1. The van der Waals surface area contributed by atoms with E-state index in [4.69, 9.17) is 30.0 Å². The Morgan fingerprint density at radius 2 is 1.94 bits per heavy atom. The Hall–Kier alpha value is -2.53. The maximum atomic E-state index is 12.7. The average molecular weight is 469 g/mol. The van der Waals surface area contributed by atoms with Gasteiger partial charge in [0, 0.05) is 26.5 Å². The number of anilines is 1. The first-order valence-corrected chi connectivity index (χ1v) is 11.6. The number of carbonyl (C=O) groups is 2. The SMILES string of the molecule is COC(=O)C(OC[C@@H]1CC[C@H](n2cc(C(N)=O)c3c(N)nc(C)nc32)C1)P(=O)(OC)OC. The molecule has 32 heavy (non-hydrogen) atoms. The van der Waals surface area contributed by atoms with Crippen molar-refractivity contribution >= 4 is 36.3 Å². The standard InChI is InChI=1S/C19H28N5O7P/c1-10-22-15(20)14-13(16(21)25)8-24(17(14)23-10)12-6-5-11(7-12)9-31-19(18(26)28-2)32(27,29-3)30-4/h8,11-12,19H,5-7,9H2,1-4H3,(H2,21,25)(H2,20,22,23)/t11-,12+,19?/m1/s1. The van der Waals surface area contributed by atoms with Crippen LogP contribution in [0.3, 0.4) is 0 Å². The molecule has 2 aromatic rings. The van der Waals surface area contributed by atoms with Crippen molar-refractivity contribution < 1.29 is 32.7 Å². The smallest absolute Gasteiger partial charge is 0.370 e. The Morgan fingerprint density at radius 1 is 1.25 bits per heavy atom. The molecule has 1 aliphatic carbocycles. The number of nitrogen functional groups attached to an aromatic ring is 1. The van der Waals surface area contributed by atoms with Crippen LogP contribution in [0.25, 0.3) is 11.0 Å². The number of aromatic nitrogens is 3. The first-order valence-electron chi connectivity index (χ1n) is 10.00. The Balaban J connectivity index is 1.80. The van der Waals surface area contributed by atoms with Crippen molar-refractivity contribution in [1.29, 1.82) is 0 Å². The van der Waals surface area contributed by atoms with E-state index in [9.17, 15) is 14.2 Å². The fourth-order valence-electron chi connectivity index (χ4n) is 4.09. The zero-order chi connectivity index (χ0) is 23.6. The molecule has 12 nitrogen and oxygen atoms in total. The summed E-state index contributed by atoms with van der Waals surface area (Å²) in [5.74, 6) is -2.19. The molecule has 3 rings (SSSR count). The van der Waals surface area contributed by atoms with Gasteiger partial charge in [-0.1, -0.05) is 0 Å². The topological polar surface area (TPSA) is 171 Å². The lowest BCUT2D eigenvalue weighted by Crippen LogP contribution is -2.29. The lowest BCUT2D eigenvalue weighted by molar-refractivity contribution is -0.150. The van der Waals surface area contributed by atoms with Gasteiger partial charge < -0.3 is 34.6 Å². The molecule has 1 aliphatic rings. The first kappa shape index (κ1) is 24.1. The molecule has 1 unspecified atom stereocenters. The Labute approximate surface area is 185 Å². The summed E-state index contributed by atoms with van der Waals surface area (Å²) in [7, 11) is -0.302. The zero-order valence-electron chi connectivity index (χ0n) is 18.4. The van der Waals surface area contributed by atoms with Gasteiger partial charge in [0.25, 0.3) is 11.8 Å². The predicted octanol–water partition coefficient (Wildman–Crippen LogP) is 1.76. The summed E-state index contributed by atoms with van der Waals surface area (Å²) >= 11 is 0. The molecule has 13 heteroatoms. The minimum Gasteiger partial charge on any atom is -0.467 e. The molecule has 4 N–H and O–H groups in total. The van der Waals surface area contributed by atoms with E-state index < -0.39 is 25.3 Å². The van der Waals surface area contributed by atoms with Crippen molar-refractivity contribution in [3.63, 3.8) is 0 Å². The van der Waals surface area contributed by atoms with Crippen LogP contribution in [0.2, 0.25) is 0 Å². The number of aryl methyl sites for hydroxylation is 1. The number of carbonyl (C=O) groups excluding carboxylic acids is 2. The second-order valence-corrected chi connectivity index (χ2v) is 9.89. The fourth-order valence-corrected chi connectivity index (χ4v) is 5.25. The third kappa shape index (κ3) is 4.49. The van der Waals surface area contributed by atoms with E-state index in [2.05, 4.69) is 9.97 Å². The van der Waals surface area contributed by atoms with Crippen LogP contribution < -0.4 is 11.5 Å². The number of nitrogens with two attached hydrogens (primary N) is 2. The van der Waals surface area contributed by atoms with Gasteiger partial charge in [-0.15, -0.1) is 0 Å². The Morgan fingerprint density at radius 3 is 2.53 bits per heavy atom. The van der Waals surface area contributed by atoms with Gasteiger partial charge in [-0.2, -0.15) is 0 Å². The monoisotopic (exact) mass is 469 g/mol. The van der Waals surface area contributed by atoms with E-state index in [1.54, 1.807) is 13.1 Å². The quantitative estimate of drug-likeness (QED) is 0.407. The zero-order valence-corrected chi connectivity index (χ0v) is 19.3. The average Bonchev–Trinajstić information content (AvgIpc) is 3.38. The van der Waals surface area contributed by atoms with E-state index in [-0.39, 0.29) is 29.9 Å². The molecule has 1 amide bonds. The van der Waals surface area contributed by atoms with Crippen molar-refractivity contribution in [3.05, 3.63) is 17.6 Å². The van der Waals surface area contributed by atoms with E-state index in [0.717, 1.165) is 12.8 Å². The van der Waals surface area contributed by atoms with E-state index in [1.165, 1.54) is 21.3 Å². The molecule has 2 aromatic heterocycles. The molecule has 3 atom stereocenters. The van der Waals surface area contributed by atoms with Gasteiger partial charge in [-0.25, -0.2) is 14.8 Å². The third-order valence-corrected chi connectivity index (χ3v) is 7.63. The third-order valence-electron chi connectivity index (χ3n) is 5.67. The van der Waals surface area contributed by atoms with Gasteiger partial charge in [-0.05, 0) is 32.1 Å². The highest BCUT2D eigenvalue weighted by atomic mass is 31.2. The van der Waals surface area contributed by atoms with Gasteiger partial charge in [0.05, 0.1) is 24.7 Å². The molecule has 1 fully saturated rings. The number of primary amides is 1. The molecule has 0 bridgehead atoms. The Kier molecular flexibility index (Phi) is 7.19. The number of rotatable bonds is 9. The van der Waals surface area contributed by atoms with Crippen LogP contribution in [0, 0.1) is 12.8 Å². The second-order valence-electron chi connectivity index (χ2n) is 7.62. The number of fused-ring (bicyclic) bond motifs is 1. The van der Waals surface area contributed by atoms with Crippen LogP contribution in [-0.2, 0) is 27.9 Å². The number of nitrogens with zero attached hydrogens (tertiary/aromatic N) is 3. The highest BCUT2D eigenvalue weighted by Gasteiger charge is 2.43. The number of hydrogen-bond acceptors (Lipinski definition) is 10. The lowest BCUT2D eigenvalue weighted by Gasteiger charge is -2.23. The van der Waals surface area contributed by atoms with Crippen molar-refractivity contribution in [2.75, 3.05) is 33.7 Å². The number of amides is 1. The van der Waals surface area contributed by atoms with Crippen LogP contribution in [0.15, 0.2) is 6.20 Å². The molecule has 0 radical (unpaired) electrons. The summed E-state index contributed by atoms with van der Waals surface area (Å²) in [6.45, 7) is 1.87. The van der Waals surface area contributed by atoms with Gasteiger partial charge in [0.1, 0.15) is 17.3 Å². The van der Waals surface area contributed by atoms with Crippen LogP contribution in [0.4, 0.5) is 5.82 Å². The lowest BCUT2D eigenvalue weighted by atomic mass is 10.1. The molecule has 0 saturated heterocycles.